The van der Waals surface area contributed by atoms with Crippen LogP contribution >= 0.6 is 11.3 Å². The molecule has 0 fully saturated rings. The SMILES string of the molecule is Cc1ccc(-c2nc(CCNS(=O)(=O)c3cccc(S(C)(=O)=O)c3)cs2)cc1. The molecule has 6 nitrogen and oxygen atoms in total. The van der Waals surface area contributed by atoms with Gasteiger partial charge in [0.2, 0.25) is 10.0 Å². The van der Waals surface area contributed by atoms with Gasteiger partial charge >= 0.3 is 0 Å². The van der Waals surface area contributed by atoms with Crippen molar-refractivity contribution >= 4 is 31.2 Å². The van der Waals surface area contributed by atoms with Gasteiger partial charge in [-0.05, 0) is 25.1 Å². The largest absolute Gasteiger partial charge is 0.241 e. The molecule has 1 N–H and O–H groups in total. The standard InChI is InChI=1S/C19H20N2O4S3/c1-14-6-8-15(9-7-14)19-21-16(13-26-19)10-11-20-28(24,25)18-5-3-4-17(12-18)27(2,22)23/h3-9,12-13,20H,10-11H2,1-2H3. The van der Waals surface area contributed by atoms with E-state index in [2.05, 4.69) is 9.71 Å². The number of nitrogens with one attached hydrogen (secondary N) is 1. The Morgan fingerprint density at radius 1 is 1.00 bits per heavy atom. The van der Waals surface area contributed by atoms with Gasteiger partial charge < -0.3 is 0 Å². The highest BCUT2D eigenvalue weighted by atomic mass is 32.2. The Hall–Kier alpha value is -2.07. The van der Waals surface area contributed by atoms with Gasteiger partial charge in [0.1, 0.15) is 5.01 Å². The van der Waals surface area contributed by atoms with Crippen LogP contribution in [0.1, 0.15) is 11.3 Å². The summed E-state index contributed by atoms with van der Waals surface area (Å²) in [7, 11) is -7.28. The molecular formula is C19H20N2O4S3. The Bertz CT molecular complexity index is 1180. The highest BCUT2D eigenvalue weighted by Gasteiger charge is 2.17. The Kier molecular flexibility index (Phi) is 5.99. The van der Waals surface area contributed by atoms with Crippen molar-refractivity contribution < 1.29 is 16.8 Å². The molecule has 0 amide bonds. The highest BCUT2D eigenvalue weighted by molar-refractivity contribution is 7.91. The number of rotatable bonds is 7. The molecular weight excluding hydrogens is 416 g/mol. The smallest absolute Gasteiger partial charge is 0.240 e. The molecule has 0 radical (unpaired) electrons. The van der Waals surface area contributed by atoms with Crippen LogP contribution in [0.25, 0.3) is 10.6 Å². The fourth-order valence-electron chi connectivity index (χ4n) is 2.52. The number of sulfone groups is 1. The lowest BCUT2D eigenvalue weighted by atomic mass is 10.2. The van der Waals surface area contributed by atoms with Crippen LogP contribution in [-0.2, 0) is 26.3 Å². The Balaban J connectivity index is 1.65. The number of hydrogen-bond acceptors (Lipinski definition) is 6. The maximum Gasteiger partial charge on any atom is 0.240 e. The molecule has 28 heavy (non-hydrogen) atoms. The predicted molar refractivity (Wildman–Crippen MR) is 111 cm³/mol. The van der Waals surface area contributed by atoms with E-state index in [1.807, 2.05) is 36.6 Å². The summed E-state index contributed by atoms with van der Waals surface area (Å²) in [5, 5.41) is 2.80. The molecule has 0 aliphatic rings. The van der Waals surface area contributed by atoms with Crippen LogP contribution in [-0.4, -0.2) is 34.6 Å². The third-order valence-corrected chi connectivity index (χ3v) is 7.58. The summed E-state index contributed by atoms with van der Waals surface area (Å²) in [6.07, 6.45) is 1.48. The summed E-state index contributed by atoms with van der Waals surface area (Å²) in [5.74, 6) is 0. The molecule has 3 aromatic rings. The van der Waals surface area contributed by atoms with E-state index in [4.69, 9.17) is 0 Å². The van der Waals surface area contributed by atoms with Gasteiger partial charge in [0.25, 0.3) is 0 Å². The molecule has 0 atom stereocenters. The molecule has 0 unspecified atom stereocenters. The summed E-state index contributed by atoms with van der Waals surface area (Å²) in [6.45, 7) is 2.19. The normalized spacial score (nSPS) is 12.2. The van der Waals surface area contributed by atoms with Crippen LogP contribution in [0.3, 0.4) is 0 Å². The Morgan fingerprint density at radius 2 is 1.68 bits per heavy atom. The maximum atomic E-state index is 12.4. The molecule has 3 rings (SSSR count). The second-order valence-corrected chi connectivity index (χ2v) is 11.0. The van der Waals surface area contributed by atoms with E-state index in [9.17, 15) is 16.8 Å². The molecule has 0 aliphatic carbocycles. The number of sulfonamides is 1. The van der Waals surface area contributed by atoms with E-state index >= 15 is 0 Å². The number of nitrogens with zero attached hydrogens (tertiary/aromatic N) is 1. The Morgan fingerprint density at radius 3 is 2.36 bits per heavy atom. The van der Waals surface area contributed by atoms with Gasteiger partial charge in [-0.25, -0.2) is 26.5 Å². The lowest BCUT2D eigenvalue weighted by molar-refractivity contribution is 0.581. The number of thiazole rings is 1. The van der Waals surface area contributed by atoms with Gasteiger partial charge in [-0.2, -0.15) is 0 Å². The summed E-state index contributed by atoms with van der Waals surface area (Å²) >= 11 is 1.51. The van der Waals surface area contributed by atoms with Crippen molar-refractivity contribution in [1.29, 1.82) is 0 Å². The van der Waals surface area contributed by atoms with Gasteiger partial charge in [0, 0.05) is 30.2 Å². The monoisotopic (exact) mass is 436 g/mol. The molecule has 0 aliphatic heterocycles. The summed E-state index contributed by atoms with van der Waals surface area (Å²) < 4.78 is 50.6. The molecule has 0 spiro atoms. The van der Waals surface area contributed by atoms with Crippen molar-refractivity contribution in [2.24, 2.45) is 0 Å². The van der Waals surface area contributed by atoms with E-state index in [0.29, 0.717) is 6.42 Å². The van der Waals surface area contributed by atoms with E-state index in [1.165, 1.54) is 35.1 Å². The van der Waals surface area contributed by atoms with Crippen LogP contribution < -0.4 is 4.72 Å². The second-order valence-electron chi connectivity index (χ2n) is 6.40. The van der Waals surface area contributed by atoms with Gasteiger partial charge in [0.05, 0.1) is 15.5 Å². The van der Waals surface area contributed by atoms with Crippen molar-refractivity contribution in [2.45, 2.75) is 23.1 Å². The van der Waals surface area contributed by atoms with Crippen molar-refractivity contribution in [3.63, 3.8) is 0 Å². The molecule has 0 saturated heterocycles. The van der Waals surface area contributed by atoms with E-state index < -0.39 is 19.9 Å². The Labute approximate surface area is 169 Å². The van der Waals surface area contributed by atoms with E-state index in [1.54, 1.807) is 0 Å². The maximum absolute atomic E-state index is 12.4. The molecule has 148 valence electrons. The first-order valence-corrected chi connectivity index (χ1v) is 12.7. The van der Waals surface area contributed by atoms with Crippen molar-refractivity contribution in [2.75, 3.05) is 12.8 Å². The zero-order chi connectivity index (χ0) is 20.4. The van der Waals surface area contributed by atoms with Crippen LogP contribution in [0.15, 0.2) is 63.7 Å². The molecule has 9 heteroatoms. The van der Waals surface area contributed by atoms with Crippen LogP contribution in [0.4, 0.5) is 0 Å². The molecule has 0 saturated carbocycles. The first-order valence-electron chi connectivity index (χ1n) is 8.46. The summed E-state index contributed by atoms with van der Waals surface area (Å²) in [4.78, 5) is 4.45. The molecule has 1 aromatic heterocycles. The molecule has 1 heterocycles. The zero-order valence-electron chi connectivity index (χ0n) is 15.4. The number of hydrogen-bond donors (Lipinski definition) is 1. The minimum Gasteiger partial charge on any atom is -0.241 e. The first kappa shape index (κ1) is 20.7. The highest BCUT2D eigenvalue weighted by Crippen LogP contribution is 2.24. The lowest BCUT2D eigenvalue weighted by Crippen LogP contribution is -2.26. The number of benzene rings is 2. The van der Waals surface area contributed by atoms with Gasteiger partial charge in [0.15, 0.2) is 9.84 Å². The van der Waals surface area contributed by atoms with Crippen LogP contribution in [0.2, 0.25) is 0 Å². The fourth-order valence-corrected chi connectivity index (χ4v) is 5.20. The average Bonchev–Trinajstić information content (AvgIpc) is 3.10. The minimum atomic E-state index is -3.80. The lowest BCUT2D eigenvalue weighted by Gasteiger charge is -2.07. The number of aryl methyl sites for hydroxylation is 1. The van der Waals surface area contributed by atoms with Gasteiger partial charge in [-0.3, -0.25) is 0 Å². The second kappa shape index (κ2) is 8.12. The summed E-state index contributed by atoms with van der Waals surface area (Å²) in [5.41, 5.74) is 3.00. The van der Waals surface area contributed by atoms with Crippen LogP contribution in [0, 0.1) is 6.92 Å². The van der Waals surface area contributed by atoms with Crippen LogP contribution in [0.5, 0.6) is 0 Å². The van der Waals surface area contributed by atoms with E-state index in [0.717, 1.165) is 28.6 Å². The third-order valence-electron chi connectivity index (χ3n) is 4.07. The topological polar surface area (TPSA) is 93.2 Å². The predicted octanol–water partition coefficient (Wildman–Crippen LogP) is 3.04. The average molecular weight is 437 g/mol. The van der Waals surface area contributed by atoms with Crippen molar-refractivity contribution in [3.05, 3.63) is 65.2 Å². The quantitative estimate of drug-likeness (QED) is 0.614. The summed E-state index contributed by atoms with van der Waals surface area (Å²) in [6, 6.07) is 13.4. The molecule has 2 aromatic carbocycles. The number of aromatic nitrogens is 1. The third kappa shape index (κ3) is 5.05. The van der Waals surface area contributed by atoms with Crippen molar-refractivity contribution in [3.8, 4) is 10.6 Å². The van der Waals surface area contributed by atoms with E-state index in [-0.39, 0.29) is 16.3 Å². The zero-order valence-corrected chi connectivity index (χ0v) is 17.9. The van der Waals surface area contributed by atoms with Gasteiger partial charge in [-0.1, -0.05) is 35.9 Å². The first-order chi connectivity index (χ1) is 13.1. The minimum absolute atomic E-state index is 0.0300. The fraction of sp³-hybridized carbons (Fsp3) is 0.211. The molecule has 0 bridgehead atoms. The van der Waals surface area contributed by atoms with Crippen molar-refractivity contribution in [1.82, 2.24) is 9.71 Å². The van der Waals surface area contributed by atoms with Gasteiger partial charge in [-0.15, -0.1) is 11.3 Å².